The van der Waals surface area contributed by atoms with Gasteiger partial charge >= 0.3 is 0 Å². The van der Waals surface area contributed by atoms with E-state index in [1.165, 1.54) is 193 Å². The molecule has 6 saturated carbocycles. The van der Waals surface area contributed by atoms with E-state index in [4.69, 9.17) is 0 Å². The van der Waals surface area contributed by atoms with E-state index in [2.05, 4.69) is 213 Å². The van der Waals surface area contributed by atoms with Crippen LogP contribution >= 0.6 is 0 Å². The lowest BCUT2D eigenvalue weighted by atomic mass is 10.0. The van der Waals surface area contributed by atoms with Gasteiger partial charge in [0.15, 0.2) is 0 Å². The number of hydrogen-bond donors (Lipinski definition) is 0. The molecule has 6 heteroatoms. The van der Waals surface area contributed by atoms with Gasteiger partial charge in [0.25, 0.3) is 0 Å². The van der Waals surface area contributed by atoms with Crippen molar-refractivity contribution in [1.29, 1.82) is 0 Å². The maximum atomic E-state index is 3.04. The van der Waals surface area contributed by atoms with Crippen molar-refractivity contribution >= 4 is 73.8 Å². The monoisotopic (exact) mass is 1130 g/mol. The van der Waals surface area contributed by atoms with Crippen molar-refractivity contribution in [3.05, 3.63) is 182 Å². The summed E-state index contributed by atoms with van der Waals surface area (Å²) in [6.45, 7) is 0. The first kappa shape index (κ1) is 53.9. The van der Waals surface area contributed by atoms with Gasteiger partial charge in [0.05, 0.1) is 42.7 Å². The molecule has 7 fully saturated rings. The molecule has 78 heavy (non-hydrogen) atoms. The van der Waals surface area contributed by atoms with Crippen LogP contribution in [-0.4, -0.2) is 42.7 Å². The van der Waals surface area contributed by atoms with Gasteiger partial charge in [-0.3, -0.25) is 0 Å². The van der Waals surface area contributed by atoms with E-state index in [1.54, 1.807) is 0 Å². The lowest BCUT2D eigenvalue weighted by Crippen LogP contribution is -3.19. The van der Waals surface area contributed by atoms with Crippen LogP contribution in [0, 0.1) is 0 Å². The highest BCUT2D eigenvalue weighted by Gasteiger charge is 2.96. The molecule has 0 unspecified atom stereocenters. The third kappa shape index (κ3) is 7.79. The Morgan fingerprint density at radius 2 is 0.269 bits per heavy atom. The molecule has 13 rings (SSSR count). The topological polar surface area (TPSA) is 0 Å². The second-order valence-corrected chi connectivity index (χ2v) is 82.5. The van der Waals surface area contributed by atoms with Crippen molar-refractivity contribution in [2.24, 2.45) is 0 Å². The quantitative estimate of drug-likeness (QED) is 0.107. The normalized spacial score (nSPS) is 32.6. The van der Waals surface area contributed by atoms with Crippen LogP contribution in [0.1, 0.15) is 193 Å². The molecule has 0 atom stereocenters. The van der Waals surface area contributed by atoms with Crippen LogP contribution in [0.2, 0.25) is 33.2 Å². The average Bonchev–Trinajstić information content (AvgIpc) is 1.18. The van der Waals surface area contributed by atoms with Gasteiger partial charge in [-0.05, 0) is 33.2 Å². The van der Waals surface area contributed by atoms with Crippen molar-refractivity contribution in [3.8, 4) is 0 Å². The highest BCUT2D eigenvalue weighted by atomic mass is 30.2. The molecule has 0 spiro atoms. The Morgan fingerprint density at radius 3 is 0.385 bits per heavy atom. The van der Waals surface area contributed by atoms with Gasteiger partial charge in [-0.1, -0.05) is 406 Å². The Bertz CT molecular complexity index is 2280. The van der Waals surface area contributed by atoms with E-state index in [0.717, 1.165) is 33.2 Å². The van der Waals surface area contributed by atoms with Gasteiger partial charge in [0, 0.05) is 0 Å². The zero-order valence-electron chi connectivity index (χ0n) is 48.0. The van der Waals surface area contributed by atoms with E-state index in [9.17, 15) is 0 Å². The van der Waals surface area contributed by atoms with E-state index in [-0.39, 0.29) is 0 Å². The molecule has 6 aliphatic carbocycles. The lowest BCUT2D eigenvalue weighted by Gasteiger charge is -2.86. The first-order valence-corrected chi connectivity index (χ1v) is 51.6. The highest BCUT2D eigenvalue weighted by Crippen LogP contribution is 2.73. The predicted octanol–water partition coefficient (Wildman–Crippen LogP) is 16.6. The average molecular weight is 1130 g/mol. The molecule has 408 valence electrons. The third-order valence-electron chi connectivity index (χ3n) is 24.4. The summed E-state index contributed by atoms with van der Waals surface area (Å²) in [7, 11) is -18.2. The molecule has 1 heterocycles. The van der Waals surface area contributed by atoms with Crippen molar-refractivity contribution in [2.45, 2.75) is 226 Å². The Morgan fingerprint density at radius 1 is 0.154 bits per heavy atom. The maximum absolute atomic E-state index is 3.04. The molecule has 0 bridgehead atoms. The molecule has 0 amide bonds. The fraction of sp³-hybridized carbons (Fsp3) is 0.500. The van der Waals surface area contributed by atoms with Crippen LogP contribution in [0.5, 0.6) is 0 Å². The summed E-state index contributed by atoms with van der Waals surface area (Å²) in [6, 6.07) is 83.8. The molecule has 0 nitrogen and oxygen atoms in total. The SMILES string of the molecule is c1ccc([Si]2(C3CCCCC3)[Si](c3ccccc3)(C3CCCCC3)[Si](c3ccccc3)(C3CCCCC3)[Si](c3ccccc3)(C3CCCCC3)[Si](c3ccccc3)(C3CCCCC3)[Si]2(c2ccccc2)C2CCCCC2)cc1. The molecular formula is C72H96Si6. The summed E-state index contributed by atoms with van der Waals surface area (Å²) < 4.78 is 0. The molecule has 0 aromatic heterocycles. The van der Waals surface area contributed by atoms with Crippen LogP contribution in [0.25, 0.3) is 0 Å². The summed E-state index contributed by atoms with van der Waals surface area (Å²) in [5, 5.41) is 12.4. The second kappa shape index (κ2) is 23.5. The van der Waals surface area contributed by atoms with Crippen LogP contribution in [-0.2, 0) is 0 Å². The second-order valence-electron chi connectivity index (χ2n) is 27.1. The molecule has 1 aliphatic heterocycles. The zero-order chi connectivity index (χ0) is 52.4. The Balaban J connectivity index is 1.47. The van der Waals surface area contributed by atoms with E-state index in [0.29, 0.717) is 0 Å². The third-order valence-corrected chi connectivity index (χ3v) is 154. The largest absolute Gasteiger partial charge is 0.0842 e. The van der Waals surface area contributed by atoms with Gasteiger partial charge in [0.2, 0.25) is 0 Å². The van der Waals surface area contributed by atoms with Gasteiger partial charge in [-0.15, -0.1) is 0 Å². The minimum atomic E-state index is -3.03. The first-order valence-electron chi connectivity index (χ1n) is 33.1. The molecule has 6 aromatic carbocycles. The van der Waals surface area contributed by atoms with Crippen LogP contribution in [0.4, 0.5) is 0 Å². The van der Waals surface area contributed by atoms with Crippen LogP contribution in [0.15, 0.2) is 182 Å². The van der Waals surface area contributed by atoms with E-state index >= 15 is 0 Å². The van der Waals surface area contributed by atoms with Crippen molar-refractivity contribution in [2.75, 3.05) is 0 Å². The smallest absolute Gasteiger partial charge is 0.0639 e. The minimum Gasteiger partial charge on any atom is -0.0639 e. The number of hydrogen-bond acceptors (Lipinski definition) is 0. The molecule has 0 radical (unpaired) electrons. The summed E-state index contributed by atoms with van der Waals surface area (Å²) in [5.74, 6) is 0. The summed E-state index contributed by atoms with van der Waals surface area (Å²) >= 11 is 0. The standard InChI is InChI=1S/C72H96Si6/c1-13-37-61(38-14-1)73(62-39-15-2-16-40-62)74(63-41-17-3-18-42-63,64-43-19-4-20-44-64)76(67-49-25-7-26-50-67,68-51-27-8-28-52-68)78(71-57-33-11-34-58-71,72-59-35-12-36-60-72)77(69-53-29-9-30-54-69,70-55-31-10-32-56-70)75(73,65-45-21-5-22-46-65)66-47-23-6-24-48-66/h1,3,5,7,9,11,13-14,17-18,21-22,25-26,29-30,33-34,37-38,41-42,45-46,49-50,53-54,57-58,62,64,66,68,70,72H,2,4,6,8,10,12,15-16,19-20,23-24,27-28,31-32,35-36,39-40,43-44,47-48,51-52,55-56,59-60H2. The number of rotatable bonds is 12. The van der Waals surface area contributed by atoms with Crippen LogP contribution < -0.4 is 31.1 Å². The van der Waals surface area contributed by atoms with Gasteiger partial charge < -0.3 is 0 Å². The van der Waals surface area contributed by atoms with Crippen molar-refractivity contribution < 1.29 is 0 Å². The van der Waals surface area contributed by atoms with Gasteiger partial charge in [-0.25, -0.2) is 0 Å². The molecular weight excluding hydrogens is 1030 g/mol. The van der Waals surface area contributed by atoms with E-state index in [1.807, 2.05) is 0 Å². The molecule has 7 aliphatic rings. The lowest BCUT2D eigenvalue weighted by molar-refractivity contribution is 0.477. The fourth-order valence-electron chi connectivity index (χ4n) is 23.3. The first-order chi connectivity index (χ1) is 38.8. The Hall–Kier alpha value is -3.38. The molecule has 1 saturated heterocycles. The van der Waals surface area contributed by atoms with Gasteiger partial charge in [-0.2, -0.15) is 0 Å². The van der Waals surface area contributed by atoms with Crippen molar-refractivity contribution in [3.63, 3.8) is 0 Å². The molecule has 6 aromatic rings. The van der Waals surface area contributed by atoms with Gasteiger partial charge in [0.1, 0.15) is 0 Å². The summed E-state index contributed by atoms with van der Waals surface area (Å²) in [4.78, 5) is 0. The van der Waals surface area contributed by atoms with Crippen molar-refractivity contribution in [1.82, 2.24) is 0 Å². The maximum Gasteiger partial charge on any atom is 0.0842 e. The summed E-state index contributed by atoms with van der Waals surface area (Å²) in [5.41, 5.74) is 4.94. The Kier molecular flexibility index (Phi) is 16.2. The summed E-state index contributed by atoms with van der Waals surface area (Å²) in [6.07, 6.45) is 44.1. The van der Waals surface area contributed by atoms with Crippen LogP contribution in [0.3, 0.4) is 0 Å². The molecule has 0 N–H and O–H groups in total. The predicted molar refractivity (Wildman–Crippen MR) is 352 cm³/mol. The highest BCUT2D eigenvalue weighted by molar-refractivity contribution is 8.22. The number of benzene rings is 6. The fourth-order valence-corrected chi connectivity index (χ4v) is 278. The Labute approximate surface area is 478 Å². The zero-order valence-corrected chi connectivity index (χ0v) is 54.0. The van der Waals surface area contributed by atoms with E-state index < -0.39 is 42.7 Å². The minimum absolute atomic E-state index is 0.823.